The Bertz CT molecular complexity index is 884. The molecule has 0 aromatic heterocycles. The fourth-order valence-electron chi connectivity index (χ4n) is 2.79. The van der Waals surface area contributed by atoms with Crippen molar-refractivity contribution in [3.05, 3.63) is 71.3 Å². The molecule has 0 aliphatic heterocycles. The first-order valence-electron chi connectivity index (χ1n) is 7.54. The van der Waals surface area contributed by atoms with E-state index in [4.69, 9.17) is 4.74 Å². The Balaban J connectivity index is 2.01. The van der Waals surface area contributed by atoms with Gasteiger partial charge in [0.25, 0.3) is 5.91 Å². The Morgan fingerprint density at radius 2 is 1.70 bits per heavy atom. The Morgan fingerprint density at radius 1 is 0.957 bits per heavy atom. The van der Waals surface area contributed by atoms with E-state index in [0.717, 1.165) is 27.8 Å². The van der Waals surface area contributed by atoms with Crippen LogP contribution in [0, 0.1) is 13.8 Å². The van der Waals surface area contributed by atoms with Gasteiger partial charge in [0.1, 0.15) is 5.75 Å². The fourth-order valence-corrected chi connectivity index (χ4v) is 2.79. The summed E-state index contributed by atoms with van der Waals surface area (Å²) in [5.74, 6) is 0.652. The highest BCUT2D eigenvalue weighted by Gasteiger charge is 2.13. The quantitative estimate of drug-likeness (QED) is 0.760. The van der Waals surface area contributed by atoms with Gasteiger partial charge in [-0.1, -0.05) is 42.0 Å². The average Bonchev–Trinajstić information content (AvgIpc) is 2.56. The monoisotopic (exact) mass is 305 g/mol. The first-order valence-corrected chi connectivity index (χ1v) is 7.54. The minimum Gasteiger partial charge on any atom is -0.496 e. The van der Waals surface area contributed by atoms with Gasteiger partial charge >= 0.3 is 0 Å². The van der Waals surface area contributed by atoms with E-state index in [0.29, 0.717) is 5.56 Å². The third-order valence-corrected chi connectivity index (χ3v) is 3.98. The second kappa shape index (κ2) is 6.13. The molecular weight excluding hydrogens is 286 g/mol. The molecule has 3 aromatic carbocycles. The maximum atomic E-state index is 12.7. The molecule has 23 heavy (non-hydrogen) atoms. The molecule has 116 valence electrons. The van der Waals surface area contributed by atoms with Gasteiger partial charge in [-0.25, -0.2) is 0 Å². The SMILES string of the molecule is COc1ccc(C(=O)Nc2ccc(C)cc2C)c2ccccc12. The Hall–Kier alpha value is -2.81. The van der Waals surface area contributed by atoms with Crippen molar-refractivity contribution in [2.75, 3.05) is 12.4 Å². The number of anilines is 1. The summed E-state index contributed by atoms with van der Waals surface area (Å²) < 4.78 is 5.38. The van der Waals surface area contributed by atoms with E-state index in [1.807, 2.05) is 56.3 Å². The summed E-state index contributed by atoms with van der Waals surface area (Å²) in [7, 11) is 1.64. The van der Waals surface area contributed by atoms with Crippen molar-refractivity contribution >= 4 is 22.4 Å². The number of aryl methyl sites for hydroxylation is 2. The lowest BCUT2D eigenvalue weighted by Gasteiger charge is -2.12. The molecule has 3 aromatic rings. The fraction of sp³-hybridized carbons (Fsp3) is 0.150. The van der Waals surface area contributed by atoms with Gasteiger partial charge in [-0.15, -0.1) is 0 Å². The number of hydrogen-bond acceptors (Lipinski definition) is 2. The first kappa shape index (κ1) is 15.1. The molecule has 1 amide bonds. The third kappa shape index (κ3) is 2.90. The van der Waals surface area contributed by atoms with Crippen molar-refractivity contribution in [1.29, 1.82) is 0 Å². The van der Waals surface area contributed by atoms with Crippen molar-refractivity contribution in [2.45, 2.75) is 13.8 Å². The predicted octanol–water partition coefficient (Wildman–Crippen LogP) is 4.72. The number of hydrogen-bond donors (Lipinski definition) is 1. The Labute approximate surface area is 135 Å². The van der Waals surface area contributed by atoms with Gasteiger partial charge in [-0.3, -0.25) is 4.79 Å². The van der Waals surface area contributed by atoms with Crippen molar-refractivity contribution < 1.29 is 9.53 Å². The zero-order chi connectivity index (χ0) is 16.4. The van der Waals surface area contributed by atoms with Crippen LogP contribution in [0.4, 0.5) is 5.69 Å². The van der Waals surface area contributed by atoms with E-state index < -0.39 is 0 Å². The molecule has 0 bridgehead atoms. The maximum Gasteiger partial charge on any atom is 0.256 e. The number of amides is 1. The molecule has 0 saturated carbocycles. The summed E-state index contributed by atoms with van der Waals surface area (Å²) in [4.78, 5) is 12.7. The van der Waals surface area contributed by atoms with Crippen LogP contribution in [0.25, 0.3) is 10.8 Å². The molecule has 0 radical (unpaired) electrons. The van der Waals surface area contributed by atoms with Crippen LogP contribution in [-0.2, 0) is 0 Å². The molecular formula is C20H19NO2. The van der Waals surface area contributed by atoms with Crippen LogP contribution in [0.3, 0.4) is 0 Å². The summed E-state index contributed by atoms with van der Waals surface area (Å²) >= 11 is 0. The number of methoxy groups -OCH3 is 1. The second-order valence-corrected chi connectivity index (χ2v) is 5.63. The summed E-state index contributed by atoms with van der Waals surface area (Å²) in [5, 5.41) is 4.82. The number of carbonyl (C=O) groups is 1. The van der Waals surface area contributed by atoms with E-state index >= 15 is 0 Å². The molecule has 0 aliphatic rings. The zero-order valence-corrected chi connectivity index (χ0v) is 13.5. The number of fused-ring (bicyclic) bond motifs is 1. The molecule has 0 saturated heterocycles. The topological polar surface area (TPSA) is 38.3 Å². The molecule has 3 nitrogen and oxygen atoms in total. The smallest absolute Gasteiger partial charge is 0.256 e. The van der Waals surface area contributed by atoms with Crippen LogP contribution in [0.1, 0.15) is 21.5 Å². The number of nitrogens with one attached hydrogen (secondary N) is 1. The number of benzene rings is 3. The predicted molar refractivity (Wildman–Crippen MR) is 94.4 cm³/mol. The largest absolute Gasteiger partial charge is 0.496 e. The highest BCUT2D eigenvalue weighted by Crippen LogP contribution is 2.29. The number of rotatable bonds is 3. The van der Waals surface area contributed by atoms with Gasteiger partial charge < -0.3 is 10.1 Å². The van der Waals surface area contributed by atoms with Gasteiger partial charge in [0.15, 0.2) is 0 Å². The van der Waals surface area contributed by atoms with Crippen molar-refractivity contribution in [3.8, 4) is 5.75 Å². The van der Waals surface area contributed by atoms with Gasteiger partial charge in [0.05, 0.1) is 7.11 Å². The van der Waals surface area contributed by atoms with Crippen LogP contribution in [0.5, 0.6) is 5.75 Å². The van der Waals surface area contributed by atoms with E-state index in [1.165, 1.54) is 5.56 Å². The molecule has 0 spiro atoms. The summed E-state index contributed by atoms with van der Waals surface area (Å²) in [6, 6.07) is 17.4. The normalized spacial score (nSPS) is 10.6. The molecule has 1 N–H and O–H groups in total. The molecule has 0 atom stereocenters. The number of ether oxygens (including phenoxy) is 1. The van der Waals surface area contributed by atoms with E-state index in [1.54, 1.807) is 13.2 Å². The third-order valence-electron chi connectivity index (χ3n) is 3.98. The van der Waals surface area contributed by atoms with Gasteiger partial charge in [0.2, 0.25) is 0 Å². The Morgan fingerprint density at radius 3 is 2.39 bits per heavy atom. The average molecular weight is 305 g/mol. The zero-order valence-electron chi connectivity index (χ0n) is 13.5. The molecule has 0 aliphatic carbocycles. The van der Waals surface area contributed by atoms with Gasteiger partial charge in [0, 0.05) is 16.6 Å². The lowest BCUT2D eigenvalue weighted by Crippen LogP contribution is -2.13. The number of carbonyl (C=O) groups excluding carboxylic acids is 1. The first-order chi connectivity index (χ1) is 11.1. The lowest BCUT2D eigenvalue weighted by atomic mass is 10.0. The Kier molecular flexibility index (Phi) is 4.02. The standard InChI is InChI=1S/C20H19NO2/c1-13-8-10-18(14(2)12-13)21-20(22)17-9-11-19(23-3)16-7-5-4-6-15(16)17/h4-12H,1-3H3,(H,21,22). The van der Waals surface area contributed by atoms with Crippen molar-refractivity contribution in [2.24, 2.45) is 0 Å². The van der Waals surface area contributed by atoms with Crippen molar-refractivity contribution in [1.82, 2.24) is 0 Å². The minimum absolute atomic E-state index is 0.115. The highest BCUT2D eigenvalue weighted by molar-refractivity contribution is 6.14. The van der Waals surface area contributed by atoms with Gasteiger partial charge in [-0.05, 0) is 43.0 Å². The molecule has 0 heterocycles. The van der Waals surface area contributed by atoms with E-state index in [2.05, 4.69) is 11.4 Å². The highest BCUT2D eigenvalue weighted by atomic mass is 16.5. The molecule has 0 unspecified atom stereocenters. The summed E-state index contributed by atoms with van der Waals surface area (Å²) in [6.45, 7) is 4.03. The second-order valence-electron chi connectivity index (χ2n) is 5.63. The van der Waals surface area contributed by atoms with Crippen LogP contribution in [-0.4, -0.2) is 13.0 Å². The summed E-state index contributed by atoms with van der Waals surface area (Å²) in [6.07, 6.45) is 0. The summed E-state index contributed by atoms with van der Waals surface area (Å²) in [5.41, 5.74) is 3.70. The lowest BCUT2D eigenvalue weighted by molar-refractivity contribution is 0.102. The minimum atomic E-state index is -0.115. The van der Waals surface area contributed by atoms with Crippen LogP contribution in [0.15, 0.2) is 54.6 Å². The van der Waals surface area contributed by atoms with E-state index in [9.17, 15) is 4.79 Å². The van der Waals surface area contributed by atoms with Crippen LogP contribution >= 0.6 is 0 Å². The van der Waals surface area contributed by atoms with Crippen LogP contribution in [0.2, 0.25) is 0 Å². The maximum absolute atomic E-state index is 12.7. The molecule has 3 rings (SSSR count). The molecule has 3 heteroatoms. The van der Waals surface area contributed by atoms with Gasteiger partial charge in [-0.2, -0.15) is 0 Å². The van der Waals surface area contributed by atoms with Crippen molar-refractivity contribution in [3.63, 3.8) is 0 Å². The van der Waals surface area contributed by atoms with E-state index in [-0.39, 0.29) is 5.91 Å². The molecule has 0 fully saturated rings. The van der Waals surface area contributed by atoms with Crippen LogP contribution < -0.4 is 10.1 Å².